The number of hydrogen-bond donors (Lipinski definition) is 4. The number of benzene rings is 1. The van der Waals surface area contributed by atoms with Crippen LogP contribution >= 0.6 is 0 Å². The number of piperidine rings is 1. The van der Waals surface area contributed by atoms with Gasteiger partial charge in [-0.3, -0.25) is 10.1 Å². The largest absolute Gasteiger partial charge is 0.493 e. The highest BCUT2D eigenvalue weighted by Crippen LogP contribution is 2.33. The smallest absolute Gasteiger partial charge is 0.217 e. The summed E-state index contributed by atoms with van der Waals surface area (Å²) in [7, 11) is 3.28. The quantitative estimate of drug-likeness (QED) is 0.495. The van der Waals surface area contributed by atoms with Crippen LogP contribution < -0.4 is 30.7 Å². The van der Waals surface area contributed by atoms with Crippen LogP contribution in [0.1, 0.15) is 31.7 Å². The Kier molecular flexibility index (Phi) is 7.76. The van der Waals surface area contributed by atoms with Crippen molar-refractivity contribution in [3.05, 3.63) is 47.7 Å². The maximum absolute atomic E-state index is 11.4. The van der Waals surface area contributed by atoms with Crippen molar-refractivity contribution in [3.63, 3.8) is 0 Å². The third kappa shape index (κ3) is 5.55. The molecule has 0 saturated carbocycles. The van der Waals surface area contributed by atoms with E-state index in [1.165, 1.54) is 19.8 Å². The van der Waals surface area contributed by atoms with Gasteiger partial charge in [0.15, 0.2) is 11.5 Å². The molecule has 0 aliphatic carbocycles. The average Bonchev–Trinajstić information content (AvgIpc) is 2.78. The van der Waals surface area contributed by atoms with Crippen LogP contribution in [-0.2, 0) is 10.5 Å². The molecule has 0 radical (unpaired) electrons. The van der Waals surface area contributed by atoms with Gasteiger partial charge in [-0.1, -0.05) is 6.07 Å². The van der Waals surface area contributed by atoms with Crippen molar-refractivity contribution in [1.29, 1.82) is 0 Å². The number of nitrogens with one attached hydrogen (secondary N) is 4. The minimum Gasteiger partial charge on any atom is -0.493 e. The molecule has 0 spiro atoms. The van der Waals surface area contributed by atoms with Crippen molar-refractivity contribution >= 4 is 5.91 Å². The predicted octanol–water partition coefficient (Wildman–Crippen LogP) is 2.02. The lowest BCUT2D eigenvalue weighted by Crippen LogP contribution is -2.52. The van der Waals surface area contributed by atoms with E-state index in [0.29, 0.717) is 18.0 Å². The standard InChI is InChI=1S/C23H34N4O3/c1-17(28)25-16-19-9-13-27-23(15-19,26-12-8-18-6-10-24-11-7-18)20-4-5-21(29-2)22(14-20)30-3/h4-5,9,13-15,18,24,26-27H,6-8,10-12,16H2,1-3H3,(H,25,28). The normalized spacial score (nSPS) is 21.5. The fraction of sp³-hybridized carbons (Fsp3) is 0.522. The minimum atomic E-state index is -0.588. The molecule has 1 amide bonds. The molecular formula is C23H34N4O3. The molecule has 1 fully saturated rings. The number of ether oxygens (including phenoxy) is 2. The zero-order valence-electron chi connectivity index (χ0n) is 18.2. The second-order valence-electron chi connectivity index (χ2n) is 7.89. The molecule has 1 aromatic carbocycles. The molecule has 164 valence electrons. The summed E-state index contributed by atoms with van der Waals surface area (Å²) in [6, 6.07) is 5.96. The molecule has 2 heterocycles. The van der Waals surface area contributed by atoms with Crippen LogP contribution in [0.4, 0.5) is 0 Å². The van der Waals surface area contributed by atoms with E-state index < -0.39 is 5.66 Å². The van der Waals surface area contributed by atoms with E-state index in [0.717, 1.165) is 43.1 Å². The predicted molar refractivity (Wildman–Crippen MR) is 118 cm³/mol. The van der Waals surface area contributed by atoms with Gasteiger partial charge >= 0.3 is 0 Å². The summed E-state index contributed by atoms with van der Waals surface area (Å²) in [6.45, 7) is 5.10. The molecule has 4 N–H and O–H groups in total. The summed E-state index contributed by atoms with van der Waals surface area (Å²) in [5.41, 5.74) is 1.47. The molecule has 1 aromatic rings. The van der Waals surface area contributed by atoms with E-state index in [9.17, 15) is 4.79 Å². The molecule has 7 nitrogen and oxygen atoms in total. The molecule has 2 aliphatic heterocycles. The molecule has 1 saturated heterocycles. The van der Waals surface area contributed by atoms with Gasteiger partial charge in [0.1, 0.15) is 5.66 Å². The van der Waals surface area contributed by atoms with Gasteiger partial charge in [0, 0.05) is 13.5 Å². The summed E-state index contributed by atoms with van der Waals surface area (Å²) in [4.78, 5) is 11.4. The Morgan fingerprint density at radius 1 is 1.20 bits per heavy atom. The number of dihydropyridines is 1. The van der Waals surface area contributed by atoms with Gasteiger partial charge in [-0.2, -0.15) is 0 Å². The van der Waals surface area contributed by atoms with Gasteiger partial charge in [0.05, 0.1) is 14.2 Å². The van der Waals surface area contributed by atoms with Crippen molar-refractivity contribution in [1.82, 2.24) is 21.3 Å². The van der Waals surface area contributed by atoms with Gasteiger partial charge in [-0.25, -0.2) is 0 Å². The van der Waals surface area contributed by atoms with Crippen LogP contribution in [0.3, 0.4) is 0 Å². The number of methoxy groups -OCH3 is 2. The third-order valence-corrected chi connectivity index (χ3v) is 5.81. The summed E-state index contributed by atoms with van der Waals surface area (Å²) >= 11 is 0. The van der Waals surface area contributed by atoms with Crippen LogP contribution in [0.25, 0.3) is 0 Å². The molecule has 7 heteroatoms. The van der Waals surface area contributed by atoms with Gasteiger partial charge in [0.2, 0.25) is 5.91 Å². The molecule has 0 bridgehead atoms. The van der Waals surface area contributed by atoms with E-state index in [2.05, 4.69) is 27.3 Å². The second kappa shape index (κ2) is 10.5. The molecule has 0 aromatic heterocycles. The van der Waals surface area contributed by atoms with Crippen molar-refractivity contribution in [2.75, 3.05) is 40.4 Å². The molecule has 2 aliphatic rings. The van der Waals surface area contributed by atoms with Crippen molar-refractivity contribution in [2.24, 2.45) is 5.92 Å². The summed E-state index contributed by atoms with van der Waals surface area (Å²) in [5.74, 6) is 2.07. The first-order valence-corrected chi connectivity index (χ1v) is 10.6. The van der Waals surface area contributed by atoms with Crippen LogP contribution in [-0.4, -0.2) is 46.3 Å². The Hall–Kier alpha value is -2.51. The van der Waals surface area contributed by atoms with E-state index in [1.54, 1.807) is 14.2 Å². The minimum absolute atomic E-state index is 0.0431. The average molecular weight is 415 g/mol. The first-order valence-electron chi connectivity index (χ1n) is 10.6. The first-order chi connectivity index (χ1) is 14.6. The van der Waals surface area contributed by atoms with Gasteiger partial charge in [0.25, 0.3) is 0 Å². The van der Waals surface area contributed by atoms with Gasteiger partial charge < -0.3 is 25.4 Å². The van der Waals surface area contributed by atoms with Crippen LogP contribution in [0.5, 0.6) is 11.5 Å². The monoisotopic (exact) mass is 414 g/mol. The summed E-state index contributed by atoms with van der Waals surface area (Å²) < 4.78 is 10.9. The van der Waals surface area contributed by atoms with E-state index >= 15 is 0 Å². The SMILES string of the molecule is COc1ccc(C2(NCCC3CCNCC3)C=C(CNC(C)=O)C=CN2)cc1OC. The molecule has 1 atom stereocenters. The van der Waals surface area contributed by atoms with Crippen molar-refractivity contribution in [2.45, 2.75) is 31.8 Å². The maximum Gasteiger partial charge on any atom is 0.217 e. The van der Waals surface area contributed by atoms with Crippen molar-refractivity contribution < 1.29 is 14.3 Å². The Morgan fingerprint density at radius 3 is 2.67 bits per heavy atom. The highest BCUT2D eigenvalue weighted by Gasteiger charge is 2.31. The van der Waals surface area contributed by atoms with Gasteiger partial charge in [-0.15, -0.1) is 0 Å². The van der Waals surface area contributed by atoms with Crippen molar-refractivity contribution in [3.8, 4) is 11.5 Å². The Labute approximate surface area is 179 Å². The molecule has 3 rings (SSSR count). The number of amides is 1. The molecular weight excluding hydrogens is 380 g/mol. The van der Waals surface area contributed by atoms with E-state index in [4.69, 9.17) is 9.47 Å². The zero-order chi connectivity index (χ0) is 21.4. The van der Waals surface area contributed by atoms with Crippen LogP contribution in [0.2, 0.25) is 0 Å². The first kappa shape index (κ1) is 22.2. The second-order valence-corrected chi connectivity index (χ2v) is 7.89. The number of rotatable bonds is 9. The lowest BCUT2D eigenvalue weighted by molar-refractivity contribution is -0.118. The summed E-state index contributed by atoms with van der Waals surface area (Å²) in [6.07, 6.45) is 9.64. The Bertz CT molecular complexity index is 787. The third-order valence-electron chi connectivity index (χ3n) is 5.81. The number of hydrogen-bond acceptors (Lipinski definition) is 6. The van der Waals surface area contributed by atoms with Crippen LogP contribution in [0.15, 0.2) is 42.1 Å². The lowest BCUT2D eigenvalue weighted by atomic mass is 9.91. The Balaban J connectivity index is 1.84. The lowest BCUT2D eigenvalue weighted by Gasteiger charge is -2.37. The van der Waals surface area contributed by atoms with E-state index in [1.807, 2.05) is 30.5 Å². The maximum atomic E-state index is 11.4. The Morgan fingerprint density at radius 2 is 1.97 bits per heavy atom. The zero-order valence-corrected chi connectivity index (χ0v) is 18.2. The summed E-state index contributed by atoms with van der Waals surface area (Å²) in [5, 5.41) is 13.6. The fourth-order valence-corrected chi connectivity index (χ4v) is 4.08. The van der Waals surface area contributed by atoms with Gasteiger partial charge in [-0.05, 0) is 86.4 Å². The topological polar surface area (TPSA) is 83.7 Å². The number of carbonyl (C=O) groups is 1. The van der Waals surface area contributed by atoms with Crippen LogP contribution in [0, 0.1) is 5.92 Å². The molecule has 1 unspecified atom stereocenters. The van der Waals surface area contributed by atoms with E-state index in [-0.39, 0.29) is 5.91 Å². The molecule has 30 heavy (non-hydrogen) atoms. The highest BCUT2D eigenvalue weighted by atomic mass is 16.5. The fourth-order valence-electron chi connectivity index (χ4n) is 4.08. The number of carbonyl (C=O) groups excluding carboxylic acids is 1. The highest BCUT2D eigenvalue weighted by molar-refractivity contribution is 5.73.